The summed E-state index contributed by atoms with van der Waals surface area (Å²) in [6, 6.07) is 4.88. The molecule has 1 saturated heterocycles. The normalized spacial score (nSPS) is 17.1. The monoisotopic (exact) mass is 236 g/mol. The standard InChI is InChI=1S/C14H17FO2/c1-10-8-11(2-3-13(10)15)9-14(16)12-4-6-17-7-5-12/h2-3,8,12H,4-7,9H2,1H3. The Morgan fingerprint density at radius 2 is 2.12 bits per heavy atom. The van der Waals surface area contributed by atoms with E-state index in [9.17, 15) is 9.18 Å². The van der Waals surface area contributed by atoms with E-state index >= 15 is 0 Å². The van der Waals surface area contributed by atoms with Crippen molar-refractivity contribution in [3.05, 3.63) is 35.1 Å². The molecule has 1 aromatic carbocycles. The molecule has 17 heavy (non-hydrogen) atoms. The van der Waals surface area contributed by atoms with E-state index in [1.165, 1.54) is 6.07 Å². The van der Waals surface area contributed by atoms with E-state index in [4.69, 9.17) is 4.74 Å². The first-order valence-corrected chi connectivity index (χ1v) is 6.02. The zero-order chi connectivity index (χ0) is 12.3. The van der Waals surface area contributed by atoms with Crippen molar-refractivity contribution in [3.8, 4) is 0 Å². The minimum Gasteiger partial charge on any atom is -0.381 e. The van der Waals surface area contributed by atoms with Gasteiger partial charge < -0.3 is 4.74 Å². The molecule has 2 rings (SSSR count). The Hall–Kier alpha value is -1.22. The number of halogens is 1. The van der Waals surface area contributed by atoms with Crippen molar-refractivity contribution in [2.45, 2.75) is 26.2 Å². The van der Waals surface area contributed by atoms with E-state index in [-0.39, 0.29) is 17.5 Å². The highest BCUT2D eigenvalue weighted by molar-refractivity contribution is 5.83. The van der Waals surface area contributed by atoms with Gasteiger partial charge in [0.25, 0.3) is 0 Å². The second-order valence-corrected chi connectivity index (χ2v) is 4.61. The van der Waals surface area contributed by atoms with Crippen LogP contribution in [0, 0.1) is 18.7 Å². The molecule has 0 N–H and O–H groups in total. The summed E-state index contributed by atoms with van der Waals surface area (Å²) in [5.74, 6) is 0.153. The van der Waals surface area contributed by atoms with Gasteiger partial charge in [0.05, 0.1) is 0 Å². The molecule has 1 aromatic rings. The Morgan fingerprint density at radius 1 is 1.41 bits per heavy atom. The highest BCUT2D eigenvalue weighted by Gasteiger charge is 2.21. The quantitative estimate of drug-likeness (QED) is 0.806. The molecule has 0 bridgehead atoms. The Bertz CT molecular complexity index is 409. The maximum absolute atomic E-state index is 13.1. The van der Waals surface area contributed by atoms with E-state index in [2.05, 4.69) is 0 Å². The fourth-order valence-corrected chi connectivity index (χ4v) is 2.18. The fourth-order valence-electron chi connectivity index (χ4n) is 2.18. The number of hydrogen-bond donors (Lipinski definition) is 0. The largest absolute Gasteiger partial charge is 0.381 e. The number of benzene rings is 1. The molecular formula is C14H17FO2. The van der Waals surface area contributed by atoms with Gasteiger partial charge in [-0.05, 0) is 37.0 Å². The number of Topliss-reactive ketones (excluding diaryl/α,β-unsaturated/α-hetero) is 1. The lowest BCUT2D eigenvalue weighted by atomic mass is 9.91. The number of ketones is 1. The second kappa shape index (κ2) is 5.41. The third kappa shape index (κ3) is 3.13. The van der Waals surface area contributed by atoms with E-state index in [1.807, 2.05) is 0 Å². The van der Waals surface area contributed by atoms with Gasteiger partial charge in [-0.1, -0.05) is 12.1 Å². The summed E-state index contributed by atoms with van der Waals surface area (Å²) >= 11 is 0. The first-order chi connectivity index (χ1) is 8.16. The van der Waals surface area contributed by atoms with Crippen LogP contribution in [0.2, 0.25) is 0 Å². The van der Waals surface area contributed by atoms with Gasteiger partial charge in [0, 0.05) is 25.6 Å². The van der Waals surface area contributed by atoms with Gasteiger partial charge in [0.15, 0.2) is 0 Å². The molecule has 0 amide bonds. The SMILES string of the molecule is Cc1cc(CC(=O)C2CCOCC2)ccc1F. The molecule has 0 saturated carbocycles. The van der Waals surface area contributed by atoms with E-state index in [0.717, 1.165) is 18.4 Å². The lowest BCUT2D eigenvalue weighted by Gasteiger charge is -2.20. The van der Waals surface area contributed by atoms with Crippen LogP contribution in [0.4, 0.5) is 4.39 Å². The van der Waals surface area contributed by atoms with Crippen LogP contribution in [0.15, 0.2) is 18.2 Å². The number of ether oxygens (including phenoxy) is 1. The van der Waals surface area contributed by atoms with Crippen LogP contribution in [0.1, 0.15) is 24.0 Å². The Morgan fingerprint density at radius 3 is 2.76 bits per heavy atom. The van der Waals surface area contributed by atoms with E-state index in [0.29, 0.717) is 25.2 Å². The maximum Gasteiger partial charge on any atom is 0.140 e. The molecule has 1 aliphatic rings. The molecule has 0 radical (unpaired) electrons. The van der Waals surface area contributed by atoms with Crippen LogP contribution in [0.3, 0.4) is 0 Å². The number of carbonyl (C=O) groups is 1. The number of carbonyl (C=O) groups excluding carboxylic acids is 1. The third-order valence-electron chi connectivity index (χ3n) is 3.28. The first-order valence-electron chi connectivity index (χ1n) is 6.02. The molecule has 0 aliphatic carbocycles. The predicted molar refractivity (Wildman–Crippen MR) is 63.4 cm³/mol. The Labute approximate surface area is 101 Å². The van der Waals surface area contributed by atoms with Crippen LogP contribution < -0.4 is 0 Å². The van der Waals surface area contributed by atoms with Crippen LogP contribution in [0.25, 0.3) is 0 Å². The van der Waals surface area contributed by atoms with Crippen molar-refractivity contribution in [1.82, 2.24) is 0 Å². The summed E-state index contributed by atoms with van der Waals surface area (Å²) in [6.07, 6.45) is 2.05. The van der Waals surface area contributed by atoms with E-state index in [1.54, 1.807) is 19.1 Å². The van der Waals surface area contributed by atoms with Gasteiger partial charge in [-0.25, -0.2) is 4.39 Å². The molecular weight excluding hydrogens is 219 g/mol. The highest BCUT2D eigenvalue weighted by atomic mass is 19.1. The summed E-state index contributed by atoms with van der Waals surface area (Å²) in [6.45, 7) is 3.08. The van der Waals surface area contributed by atoms with Gasteiger partial charge in [-0.2, -0.15) is 0 Å². The van der Waals surface area contributed by atoms with Gasteiger partial charge in [0.2, 0.25) is 0 Å². The predicted octanol–water partition coefficient (Wildman–Crippen LogP) is 2.67. The highest BCUT2D eigenvalue weighted by Crippen LogP contribution is 2.19. The number of hydrogen-bond acceptors (Lipinski definition) is 2. The molecule has 3 heteroatoms. The maximum atomic E-state index is 13.1. The molecule has 1 heterocycles. The zero-order valence-corrected chi connectivity index (χ0v) is 10.0. The fraction of sp³-hybridized carbons (Fsp3) is 0.500. The van der Waals surface area contributed by atoms with Crippen molar-refractivity contribution < 1.29 is 13.9 Å². The summed E-state index contributed by atoms with van der Waals surface area (Å²) in [4.78, 5) is 12.0. The van der Waals surface area contributed by atoms with Crippen LogP contribution in [-0.2, 0) is 16.0 Å². The topological polar surface area (TPSA) is 26.3 Å². The van der Waals surface area contributed by atoms with Gasteiger partial charge >= 0.3 is 0 Å². The van der Waals surface area contributed by atoms with E-state index < -0.39 is 0 Å². The minimum absolute atomic E-state index is 0.120. The lowest BCUT2D eigenvalue weighted by Crippen LogP contribution is -2.24. The van der Waals surface area contributed by atoms with Crippen molar-refractivity contribution in [3.63, 3.8) is 0 Å². The Balaban J connectivity index is 1.99. The first kappa shape index (κ1) is 12.2. The number of aryl methyl sites for hydroxylation is 1. The molecule has 0 aromatic heterocycles. The molecule has 1 fully saturated rings. The van der Waals surface area contributed by atoms with Gasteiger partial charge in [-0.3, -0.25) is 4.79 Å². The molecule has 92 valence electrons. The minimum atomic E-state index is -0.215. The Kier molecular flexibility index (Phi) is 3.89. The molecule has 2 nitrogen and oxygen atoms in total. The van der Waals surface area contributed by atoms with Crippen molar-refractivity contribution in [2.24, 2.45) is 5.92 Å². The van der Waals surface area contributed by atoms with Crippen LogP contribution in [-0.4, -0.2) is 19.0 Å². The molecule has 1 aliphatic heterocycles. The van der Waals surface area contributed by atoms with Crippen molar-refractivity contribution in [1.29, 1.82) is 0 Å². The number of rotatable bonds is 3. The average molecular weight is 236 g/mol. The van der Waals surface area contributed by atoms with Crippen molar-refractivity contribution >= 4 is 5.78 Å². The summed E-state index contributed by atoms with van der Waals surface area (Å²) in [5, 5.41) is 0. The summed E-state index contributed by atoms with van der Waals surface area (Å²) in [7, 11) is 0. The zero-order valence-electron chi connectivity index (χ0n) is 10.0. The third-order valence-corrected chi connectivity index (χ3v) is 3.28. The molecule has 0 spiro atoms. The van der Waals surface area contributed by atoms with Gasteiger partial charge in [-0.15, -0.1) is 0 Å². The lowest BCUT2D eigenvalue weighted by molar-refractivity contribution is -0.125. The van der Waals surface area contributed by atoms with Gasteiger partial charge in [0.1, 0.15) is 11.6 Å². The average Bonchev–Trinajstić information content (AvgIpc) is 2.35. The molecule has 0 unspecified atom stereocenters. The smallest absolute Gasteiger partial charge is 0.140 e. The summed E-state index contributed by atoms with van der Waals surface area (Å²) in [5.41, 5.74) is 1.50. The summed E-state index contributed by atoms with van der Waals surface area (Å²) < 4.78 is 18.3. The second-order valence-electron chi connectivity index (χ2n) is 4.61. The van der Waals surface area contributed by atoms with Crippen LogP contribution in [0.5, 0.6) is 0 Å². The van der Waals surface area contributed by atoms with Crippen LogP contribution >= 0.6 is 0 Å². The molecule has 0 atom stereocenters. The van der Waals surface area contributed by atoms with Crippen molar-refractivity contribution in [2.75, 3.05) is 13.2 Å².